The molecule has 0 saturated heterocycles. The van der Waals surface area contributed by atoms with E-state index in [1.807, 2.05) is 27.7 Å². The second-order valence-electron chi connectivity index (χ2n) is 3.50. The van der Waals surface area contributed by atoms with Gasteiger partial charge in [0.2, 0.25) is 0 Å². The highest BCUT2D eigenvalue weighted by Crippen LogP contribution is 2.15. The summed E-state index contributed by atoms with van der Waals surface area (Å²) in [6, 6.07) is 0.215. The van der Waals surface area contributed by atoms with Crippen LogP contribution >= 0.6 is 0 Å². The predicted molar refractivity (Wildman–Crippen MR) is 55.6 cm³/mol. The van der Waals surface area contributed by atoms with Crippen molar-refractivity contribution >= 4 is 5.84 Å². The molecule has 3 N–H and O–H groups in total. The van der Waals surface area contributed by atoms with Crippen molar-refractivity contribution in [2.45, 2.75) is 45.8 Å². The summed E-state index contributed by atoms with van der Waals surface area (Å²) in [5.41, 5.74) is 2.20. The molecule has 0 spiro atoms. The van der Waals surface area contributed by atoms with Gasteiger partial charge in [0.1, 0.15) is 11.4 Å². The average Bonchev–Trinajstić information content (AvgIpc) is 2.12. The maximum atomic E-state index is 5.40. The van der Waals surface area contributed by atoms with E-state index < -0.39 is 5.60 Å². The monoisotopic (exact) mass is 187 g/mol. The highest BCUT2D eigenvalue weighted by molar-refractivity contribution is 5.89. The van der Waals surface area contributed by atoms with Crippen molar-refractivity contribution in [3.63, 3.8) is 0 Å². The third-order valence-corrected chi connectivity index (χ3v) is 2.15. The topological polar surface area (TPSA) is 59.6 Å². The van der Waals surface area contributed by atoms with Crippen LogP contribution in [0.15, 0.2) is 4.99 Å². The zero-order chi connectivity index (χ0) is 10.5. The maximum absolute atomic E-state index is 5.40. The predicted octanol–water partition coefficient (Wildman–Crippen LogP) is 1.07. The molecule has 0 aliphatic carbocycles. The molecular formula is C9H21N3O. The number of hydrazine groups is 1. The van der Waals surface area contributed by atoms with Gasteiger partial charge in [0, 0.05) is 13.2 Å². The smallest absolute Gasteiger partial charge is 0.143 e. The summed E-state index contributed by atoms with van der Waals surface area (Å²) in [7, 11) is 1.66. The van der Waals surface area contributed by atoms with E-state index in [0.717, 1.165) is 6.42 Å². The first-order valence-corrected chi connectivity index (χ1v) is 4.60. The molecule has 0 aromatic rings. The van der Waals surface area contributed by atoms with E-state index in [9.17, 15) is 0 Å². The van der Waals surface area contributed by atoms with Crippen molar-refractivity contribution in [1.29, 1.82) is 0 Å². The van der Waals surface area contributed by atoms with Gasteiger partial charge in [-0.15, -0.1) is 0 Å². The Morgan fingerprint density at radius 3 is 2.38 bits per heavy atom. The Labute approximate surface area is 80.5 Å². The van der Waals surface area contributed by atoms with Crippen LogP contribution in [-0.2, 0) is 4.74 Å². The summed E-state index contributed by atoms with van der Waals surface area (Å²) >= 11 is 0. The summed E-state index contributed by atoms with van der Waals surface area (Å²) in [6.07, 6.45) is 0.833. The van der Waals surface area contributed by atoms with E-state index in [2.05, 4.69) is 10.4 Å². The standard InChI is InChI=1S/C9H21N3O/c1-6-9(4,13-5)8(12-10)11-7(2)3/h7H,6,10H2,1-5H3,(H,11,12). The fourth-order valence-corrected chi connectivity index (χ4v) is 0.993. The quantitative estimate of drug-likeness (QED) is 0.299. The zero-order valence-corrected chi connectivity index (χ0v) is 9.22. The first-order valence-electron chi connectivity index (χ1n) is 4.60. The highest BCUT2D eigenvalue weighted by Gasteiger charge is 2.28. The lowest BCUT2D eigenvalue weighted by Gasteiger charge is -2.28. The van der Waals surface area contributed by atoms with Crippen molar-refractivity contribution in [3.8, 4) is 0 Å². The van der Waals surface area contributed by atoms with Crippen LogP contribution in [0.4, 0.5) is 0 Å². The summed E-state index contributed by atoms with van der Waals surface area (Å²) < 4.78 is 5.37. The molecule has 0 aromatic heterocycles. The highest BCUT2D eigenvalue weighted by atomic mass is 16.5. The number of aliphatic imine (C=N–C) groups is 1. The lowest BCUT2D eigenvalue weighted by molar-refractivity contribution is 0.0596. The van der Waals surface area contributed by atoms with Gasteiger partial charge in [-0.25, -0.2) is 5.84 Å². The van der Waals surface area contributed by atoms with E-state index in [1.165, 1.54) is 0 Å². The number of hydrogen-bond acceptors (Lipinski definition) is 3. The molecule has 13 heavy (non-hydrogen) atoms. The summed E-state index contributed by atoms with van der Waals surface area (Å²) in [5, 5.41) is 0. The van der Waals surface area contributed by atoms with Crippen LogP contribution in [0.2, 0.25) is 0 Å². The van der Waals surface area contributed by atoms with Crippen LogP contribution in [0.3, 0.4) is 0 Å². The van der Waals surface area contributed by atoms with Crippen molar-refractivity contribution in [2.24, 2.45) is 10.8 Å². The van der Waals surface area contributed by atoms with E-state index in [0.29, 0.717) is 5.84 Å². The molecule has 0 radical (unpaired) electrons. The van der Waals surface area contributed by atoms with Gasteiger partial charge in [-0.2, -0.15) is 0 Å². The Kier molecular flexibility index (Phi) is 4.95. The Morgan fingerprint density at radius 2 is 2.15 bits per heavy atom. The van der Waals surface area contributed by atoms with Crippen molar-refractivity contribution in [2.75, 3.05) is 7.11 Å². The molecule has 0 bridgehead atoms. The molecule has 0 aliphatic heterocycles. The number of nitrogens with zero attached hydrogens (tertiary/aromatic N) is 1. The first-order chi connectivity index (χ1) is 6.00. The third-order valence-electron chi connectivity index (χ3n) is 2.15. The van der Waals surface area contributed by atoms with Crippen LogP contribution < -0.4 is 11.3 Å². The minimum absolute atomic E-state index is 0.215. The molecule has 0 amide bonds. The molecule has 4 heteroatoms. The van der Waals surface area contributed by atoms with Crippen LogP contribution in [0.1, 0.15) is 34.1 Å². The Balaban J connectivity index is 4.72. The summed E-state index contributed by atoms with van der Waals surface area (Å²) in [5.74, 6) is 6.10. The third kappa shape index (κ3) is 3.32. The molecule has 78 valence electrons. The Bertz CT molecular complexity index is 174. The number of hydrogen-bond donors (Lipinski definition) is 2. The molecule has 4 nitrogen and oxygen atoms in total. The minimum atomic E-state index is -0.404. The Hall–Kier alpha value is -0.610. The Morgan fingerprint density at radius 1 is 1.62 bits per heavy atom. The van der Waals surface area contributed by atoms with E-state index in [-0.39, 0.29) is 6.04 Å². The minimum Gasteiger partial charge on any atom is -0.371 e. The van der Waals surface area contributed by atoms with E-state index in [1.54, 1.807) is 7.11 Å². The number of nitrogens with two attached hydrogens (primary N) is 1. The van der Waals surface area contributed by atoms with Gasteiger partial charge < -0.3 is 10.2 Å². The summed E-state index contributed by atoms with van der Waals surface area (Å²) in [6.45, 7) is 8.01. The molecule has 0 aromatic carbocycles. The molecule has 0 aliphatic rings. The van der Waals surface area contributed by atoms with Crippen LogP contribution in [-0.4, -0.2) is 24.6 Å². The first kappa shape index (κ1) is 12.4. The molecule has 0 saturated carbocycles. The molecular weight excluding hydrogens is 166 g/mol. The summed E-state index contributed by atoms with van der Waals surface area (Å²) in [4.78, 5) is 4.36. The van der Waals surface area contributed by atoms with Crippen molar-refractivity contribution in [3.05, 3.63) is 0 Å². The number of methoxy groups -OCH3 is 1. The normalized spacial score (nSPS) is 17.3. The zero-order valence-electron chi connectivity index (χ0n) is 9.22. The number of nitrogens with one attached hydrogen (secondary N) is 1. The molecule has 1 unspecified atom stereocenters. The van der Waals surface area contributed by atoms with Crippen LogP contribution in [0.25, 0.3) is 0 Å². The molecule has 0 heterocycles. The van der Waals surface area contributed by atoms with Gasteiger partial charge in [0.25, 0.3) is 0 Å². The second kappa shape index (κ2) is 5.19. The SMILES string of the molecule is CCC(C)(OC)C(=NC(C)C)NN. The second-order valence-corrected chi connectivity index (χ2v) is 3.50. The van der Waals surface area contributed by atoms with Gasteiger partial charge in [0.05, 0.1) is 0 Å². The molecule has 1 atom stereocenters. The van der Waals surface area contributed by atoms with E-state index >= 15 is 0 Å². The van der Waals surface area contributed by atoms with E-state index in [4.69, 9.17) is 10.6 Å². The van der Waals surface area contributed by atoms with Gasteiger partial charge in [-0.05, 0) is 27.2 Å². The van der Waals surface area contributed by atoms with Crippen molar-refractivity contribution in [1.82, 2.24) is 5.43 Å². The number of amidine groups is 1. The van der Waals surface area contributed by atoms with Gasteiger partial charge in [-0.3, -0.25) is 4.99 Å². The lowest BCUT2D eigenvalue weighted by atomic mass is 10.0. The maximum Gasteiger partial charge on any atom is 0.143 e. The van der Waals surface area contributed by atoms with Gasteiger partial charge in [0.15, 0.2) is 0 Å². The fourth-order valence-electron chi connectivity index (χ4n) is 0.993. The number of ether oxygens (including phenoxy) is 1. The lowest BCUT2D eigenvalue weighted by Crippen LogP contribution is -2.49. The fraction of sp³-hybridized carbons (Fsp3) is 0.889. The van der Waals surface area contributed by atoms with Crippen molar-refractivity contribution < 1.29 is 4.74 Å². The average molecular weight is 187 g/mol. The molecule has 0 rings (SSSR count). The largest absolute Gasteiger partial charge is 0.371 e. The van der Waals surface area contributed by atoms with Crippen LogP contribution in [0.5, 0.6) is 0 Å². The van der Waals surface area contributed by atoms with Gasteiger partial charge >= 0.3 is 0 Å². The number of rotatable bonds is 4. The molecule has 0 fully saturated rings. The van der Waals surface area contributed by atoms with Gasteiger partial charge in [-0.1, -0.05) is 6.92 Å². The van der Waals surface area contributed by atoms with Crippen LogP contribution in [0, 0.1) is 0 Å².